The molecule has 0 aliphatic carbocycles. The van der Waals surface area contributed by atoms with Crippen molar-refractivity contribution >= 4 is 17.9 Å². The van der Waals surface area contributed by atoms with Crippen LogP contribution in [0.3, 0.4) is 0 Å². The number of anilines is 1. The molecule has 0 saturated heterocycles. The molecule has 3 aromatic rings. The number of nitrogens with zero attached hydrogens (tertiary/aromatic N) is 2. The summed E-state index contributed by atoms with van der Waals surface area (Å²) in [5.74, 6) is -2.76. The Labute approximate surface area is 134 Å². The predicted octanol–water partition coefficient (Wildman–Crippen LogP) is 2.65. The maximum atomic E-state index is 13.5. The lowest BCUT2D eigenvalue weighted by Crippen LogP contribution is -2.12. The van der Waals surface area contributed by atoms with Crippen molar-refractivity contribution in [1.82, 2.24) is 10.2 Å². The van der Waals surface area contributed by atoms with E-state index in [0.29, 0.717) is 5.56 Å². The van der Waals surface area contributed by atoms with Crippen LogP contribution in [0.4, 0.5) is 10.1 Å². The number of hydrogen-bond donors (Lipinski definition) is 2. The van der Waals surface area contributed by atoms with E-state index in [-0.39, 0.29) is 29.3 Å². The second-order valence-corrected chi connectivity index (χ2v) is 4.75. The first kappa shape index (κ1) is 15.3. The van der Waals surface area contributed by atoms with E-state index in [0.717, 1.165) is 12.1 Å². The number of aldehydes is 1. The Morgan fingerprint density at radius 3 is 2.67 bits per heavy atom. The molecule has 0 atom stereocenters. The van der Waals surface area contributed by atoms with Gasteiger partial charge >= 0.3 is 11.8 Å². The fraction of sp³-hybridized carbons (Fsp3) is 0. The minimum atomic E-state index is -1.04. The van der Waals surface area contributed by atoms with Gasteiger partial charge in [-0.05, 0) is 18.2 Å². The van der Waals surface area contributed by atoms with Gasteiger partial charge in [-0.3, -0.25) is 9.59 Å². The third-order valence-electron chi connectivity index (χ3n) is 3.12. The third kappa shape index (κ3) is 2.98. The average Bonchev–Trinajstić information content (AvgIpc) is 3.09. The van der Waals surface area contributed by atoms with Crippen LogP contribution in [-0.2, 0) is 0 Å². The third-order valence-corrected chi connectivity index (χ3v) is 3.12. The maximum absolute atomic E-state index is 13.5. The van der Waals surface area contributed by atoms with Gasteiger partial charge in [-0.25, -0.2) is 4.39 Å². The van der Waals surface area contributed by atoms with Crippen molar-refractivity contribution in [2.24, 2.45) is 0 Å². The molecule has 0 unspecified atom stereocenters. The first-order chi connectivity index (χ1) is 11.6. The molecule has 7 nitrogen and oxygen atoms in total. The zero-order chi connectivity index (χ0) is 17.1. The van der Waals surface area contributed by atoms with Crippen LogP contribution < -0.4 is 5.32 Å². The van der Waals surface area contributed by atoms with Gasteiger partial charge in [-0.15, -0.1) is 10.2 Å². The van der Waals surface area contributed by atoms with Gasteiger partial charge in [-0.2, -0.15) is 0 Å². The minimum Gasteiger partial charge on any atom is -0.504 e. The van der Waals surface area contributed by atoms with Gasteiger partial charge in [0.2, 0.25) is 5.89 Å². The van der Waals surface area contributed by atoms with Gasteiger partial charge in [-0.1, -0.05) is 18.2 Å². The highest BCUT2D eigenvalue weighted by Gasteiger charge is 2.17. The van der Waals surface area contributed by atoms with E-state index in [4.69, 9.17) is 4.42 Å². The second-order valence-electron chi connectivity index (χ2n) is 4.75. The summed E-state index contributed by atoms with van der Waals surface area (Å²) in [5.41, 5.74) is 0.320. The van der Waals surface area contributed by atoms with Crippen LogP contribution >= 0.6 is 0 Å². The van der Waals surface area contributed by atoms with Gasteiger partial charge in [0, 0.05) is 17.3 Å². The van der Waals surface area contributed by atoms with Gasteiger partial charge in [0.1, 0.15) is 0 Å². The number of rotatable bonds is 4. The molecule has 0 radical (unpaired) electrons. The number of aromatic nitrogens is 2. The van der Waals surface area contributed by atoms with Gasteiger partial charge in [0.25, 0.3) is 0 Å². The molecule has 0 bridgehead atoms. The molecule has 1 heterocycles. The van der Waals surface area contributed by atoms with Crippen LogP contribution in [0.1, 0.15) is 21.0 Å². The van der Waals surface area contributed by atoms with Crippen molar-refractivity contribution < 1.29 is 23.5 Å². The van der Waals surface area contributed by atoms with E-state index in [9.17, 15) is 19.1 Å². The number of hydrogen-bond acceptors (Lipinski definition) is 6. The first-order valence-corrected chi connectivity index (χ1v) is 6.76. The number of aromatic hydroxyl groups is 1. The normalized spacial score (nSPS) is 10.4. The smallest absolute Gasteiger partial charge is 0.313 e. The molecule has 2 N–H and O–H groups in total. The van der Waals surface area contributed by atoms with Crippen LogP contribution in [-0.4, -0.2) is 27.5 Å². The highest BCUT2D eigenvalue weighted by Crippen LogP contribution is 2.25. The quantitative estimate of drug-likeness (QED) is 0.564. The minimum absolute atomic E-state index is 0.0307. The molecule has 8 heteroatoms. The number of carbonyl (C=O) groups is 2. The molecular weight excluding hydrogens is 317 g/mol. The lowest BCUT2D eigenvalue weighted by molar-refractivity contribution is 0.0990. The summed E-state index contributed by atoms with van der Waals surface area (Å²) >= 11 is 0. The molecule has 24 heavy (non-hydrogen) atoms. The van der Waals surface area contributed by atoms with E-state index in [1.165, 1.54) is 0 Å². The SMILES string of the molecule is O=Cc1cc(NC(=O)c2nnc(-c3ccccc3)o2)cc(F)c1O. The van der Waals surface area contributed by atoms with Crippen LogP contribution in [0.15, 0.2) is 46.9 Å². The number of amides is 1. The zero-order valence-corrected chi connectivity index (χ0v) is 12.1. The number of phenols is 1. The van der Waals surface area contributed by atoms with Crippen molar-refractivity contribution in [1.29, 1.82) is 0 Å². The number of phenolic OH excluding ortho intramolecular Hbond substituents is 1. The average molecular weight is 327 g/mol. The van der Waals surface area contributed by atoms with Crippen molar-refractivity contribution in [2.75, 3.05) is 5.32 Å². The highest BCUT2D eigenvalue weighted by molar-refractivity contribution is 6.01. The monoisotopic (exact) mass is 327 g/mol. The standard InChI is InChI=1S/C16H10FN3O4/c17-12-7-11(6-10(8-21)13(12)22)18-14(23)16-20-19-15(24-16)9-4-2-1-3-5-9/h1-8,22H,(H,18,23). The van der Waals surface area contributed by atoms with Crippen molar-refractivity contribution in [3.63, 3.8) is 0 Å². The molecule has 2 aromatic carbocycles. The van der Waals surface area contributed by atoms with E-state index in [1.54, 1.807) is 24.3 Å². The Kier molecular flexibility index (Phi) is 4.02. The Morgan fingerprint density at radius 1 is 1.21 bits per heavy atom. The summed E-state index contributed by atoms with van der Waals surface area (Å²) in [6.45, 7) is 0. The molecule has 0 aliphatic rings. The Balaban J connectivity index is 1.82. The summed E-state index contributed by atoms with van der Waals surface area (Å²) in [4.78, 5) is 22.8. The Morgan fingerprint density at radius 2 is 1.96 bits per heavy atom. The molecule has 1 amide bonds. The number of halogens is 1. The van der Waals surface area contributed by atoms with Crippen molar-refractivity contribution in [3.05, 3.63) is 59.7 Å². The lowest BCUT2D eigenvalue weighted by atomic mass is 10.2. The van der Waals surface area contributed by atoms with Crippen LogP contribution in [0.5, 0.6) is 5.75 Å². The molecule has 1 aromatic heterocycles. The predicted molar refractivity (Wildman–Crippen MR) is 81.1 cm³/mol. The molecule has 0 aliphatic heterocycles. The zero-order valence-electron chi connectivity index (χ0n) is 12.1. The molecule has 0 fully saturated rings. The van der Waals surface area contributed by atoms with Crippen LogP contribution in [0.2, 0.25) is 0 Å². The van der Waals surface area contributed by atoms with E-state index < -0.39 is 17.5 Å². The van der Waals surface area contributed by atoms with Gasteiger partial charge in [0.15, 0.2) is 17.9 Å². The van der Waals surface area contributed by atoms with E-state index in [1.807, 2.05) is 6.07 Å². The topological polar surface area (TPSA) is 105 Å². The summed E-state index contributed by atoms with van der Waals surface area (Å²) < 4.78 is 18.8. The van der Waals surface area contributed by atoms with E-state index in [2.05, 4.69) is 15.5 Å². The van der Waals surface area contributed by atoms with E-state index >= 15 is 0 Å². The second kappa shape index (κ2) is 6.29. The maximum Gasteiger partial charge on any atom is 0.313 e. The van der Waals surface area contributed by atoms with Crippen molar-refractivity contribution in [2.45, 2.75) is 0 Å². The van der Waals surface area contributed by atoms with Crippen molar-refractivity contribution in [3.8, 4) is 17.2 Å². The van der Waals surface area contributed by atoms with Gasteiger partial charge in [0.05, 0.1) is 5.56 Å². The summed E-state index contributed by atoms with van der Waals surface area (Å²) in [5, 5.41) is 19.1. The first-order valence-electron chi connectivity index (χ1n) is 6.76. The largest absolute Gasteiger partial charge is 0.504 e. The van der Waals surface area contributed by atoms with Crippen LogP contribution in [0, 0.1) is 5.82 Å². The summed E-state index contributed by atoms with van der Waals surface area (Å²) in [6, 6.07) is 10.8. The highest BCUT2D eigenvalue weighted by atomic mass is 19.1. The lowest BCUT2D eigenvalue weighted by Gasteiger charge is -2.05. The fourth-order valence-corrected chi connectivity index (χ4v) is 1.98. The molecule has 3 rings (SSSR count). The molecule has 120 valence electrons. The number of nitrogens with one attached hydrogen (secondary N) is 1. The number of carbonyl (C=O) groups excluding carboxylic acids is 2. The molecule has 0 saturated carbocycles. The van der Waals surface area contributed by atoms with Gasteiger partial charge < -0.3 is 14.8 Å². The Hall–Kier alpha value is -3.55. The number of benzene rings is 2. The summed E-state index contributed by atoms with van der Waals surface area (Å²) in [7, 11) is 0. The Bertz CT molecular complexity index is 909. The molecule has 0 spiro atoms. The summed E-state index contributed by atoms with van der Waals surface area (Å²) in [6.07, 6.45) is 0.272. The van der Waals surface area contributed by atoms with Crippen LogP contribution in [0.25, 0.3) is 11.5 Å². The molecular formula is C16H10FN3O4. The fourth-order valence-electron chi connectivity index (χ4n) is 1.98.